The van der Waals surface area contributed by atoms with Crippen LogP contribution in [0.5, 0.6) is 0 Å². The van der Waals surface area contributed by atoms with Crippen LogP contribution in [-0.4, -0.2) is 42.1 Å². The second-order valence-electron chi connectivity index (χ2n) is 3.88. The Morgan fingerprint density at radius 3 is 3.18 bits per heavy atom. The quantitative estimate of drug-likeness (QED) is 0.785. The summed E-state index contributed by atoms with van der Waals surface area (Å²) in [4.78, 5) is 21.9. The molecule has 2 N–H and O–H groups in total. The molecule has 1 fully saturated rings. The number of anilines is 2. The molecule has 1 aromatic heterocycles. The molecule has 0 aromatic carbocycles. The van der Waals surface area contributed by atoms with Gasteiger partial charge >= 0.3 is 0 Å². The van der Waals surface area contributed by atoms with Gasteiger partial charge in [0, 0.05) is 32.6 Å². The monoisotopic (exact) mass is 235 g/mol. The molecule has 6 heteroatoms. The highest BCUT2D eigenvalue weighted by Gasteiger charge is 2.15. The SMILES string of the molecule is CCNc1cncc(N2CCNC(=O)CC2)n1. The minimum Gasteiger partial charge on any atom is -0.369 e. The Balaban J connectivity index is 2.09. The van der Waals surface area contributed by atoms with Gasteiger partial charge in [0.25, 0.3) is 0 Å². The van der Waals surface area contributed by atoms with E-state index < -0.39 is 0 Å². The van der Waals surface area contributed by atoms with Crippen molar-refractivity contribution in [3.8, 4) is 0 Å². The normalized spacial score (nSPS) is 16.3. The van der Waals surface area contributed by atoms with E-state index in [0.29, 0.717) is 19.5 Å². The topological polar surface area (TPSA) is 70.2 Å². The van der Waals surface area contributed by atoms with Crippen LogP contribution in [0.15, 0.2) is 12.4 Å². The smallest absolute Gasteiger partial charge is 0.221 e. The van der Waals surface area contributed by atoms with Crippen LogP contribution in [0.4, 0.5) is 11.6 Å². The van der Waals surface area contributed by atoms with Gasteiger partial charge in [-0.3, -0.25) is 9.78 Å². The van der Waals surface area contributed by atoms with Crippen molar-refractivity contribution < 1.29 is 4.79 Å². The van der Waals surface area contributed by atoms with Gasteiger partial charge in [0.05, 0.1) is 12.4 Å². The molecule has 0 unspecified atom stereocenters. The zero-order valence-corrected chi connectivity index (χ0v) is 9.94. The van der Waals surface area contributed by atoms with Gasteiger partial charge in [-0.05, 0) is 6.92 Å². The fourth-order valence-corrected chi connectivity index (χ4v) is 1.77. The Kier molecular flexibility index (Phi) is 3.74. The predicted octanol–water partition coefficient (Wildman–Crippen LogP) is 0.235. The minimum atomic E-state index is 0.100. The second kappa shape index (κ2) is 5.47. The van der Waals surface area contributed by atoms with Crippen LogP contribution in [0.2, 0.25) is 0 Å². The van der Waals surface area contributed by atoms with E-state index in [0.717, 1.165) is 24.7 Å². The van der Waals surface area contributed by atoms with Crippen LogP contribution in [0.25, 0.3) is 0 Å². The third-order valence-electron chi connectivity index (χ3n) is 2.62. The van der Waals surface area contributed by atoms with Crippen LogP contribution in [0.3, 0.4) is 0 Å². The first-order chi connectivity index (χ1) is 8.29. The Morgan fingerprint density at radius 2 is 2.35 bits per heavy atom. The van der Waals surface area contributed by atoms with E-state index in [4.69, 9.17) is 0 Å². The van der Waals surface area contributed by atoms with Crippen molar-refractivity contribution in [3.63, 3.8) is 0 Å². The standard InChI is InChI=1S/C11H17N5O/c1-2-13-9-7-12-8-10(15-9)16-5-3-11(17)14-4-6-16/h7-8H,2-6H2,1H3,(H,13,15)(H,14,17). The predicted molar refractivity (Wildman–Crippen MR) is 66.0 cm³/mol. The molecule has 1 aliphatic rings. The van der Waals surface area contributed by atoms with E-state index in [2.05, 4.69) is 25.5 Å². The summed E-state index contributed by atoms with van der Waals surface area (Å²) >= 11 is 0. The molecule has 0 saturated carbocycles. The van der Waals surface area contributed by atoms with Crippen molar-refractivity contribution >= 4 is 17.5 Å². The molecule has 6 nitrogen and oxygen atoms in total. The van der Waals surface area contributed by atoms with Crippen LogP contribution >= 0.6 is 0 Å². The zero-order valence-electron chi connectivity index (χ0n) is 9.94. The molecule has 17 heavy (non-hydrogen) atoms. The van der Waals surface area contributed by atoms with Gasteiger partial charge in [-0.25, -0.2) is 4.98 Å². The van der Waals surface area contributed by atoms with Crippen molar-refractivity contribution in [2.45, 2.75) is 13.3 Å². The molecule has 0 radical (unpaired) electrons. The molecule has 1 amide bonds. The van der Waals surface area contributed by atoms with Gasteiger partial charge in [0.2, 0.25) is 5.91 Å². The fourth-order valence-electron chi connectivity index (χ4n) is 1.77. The number of nitrogens with zero attached hydrogens (tertiary/aromatic N) is 3. The third kappa shape index (κ3) is 3.05. The summed E-state index contributed by atoms with van der Waals surface area (Å²) in [7, 11) is 0. The lowest BCUT2D eigenvalue weighted by molar-refractivity contribution is -0.120. The van der Waals surface area contributed by atoms with E-state index in [1.165, 1.54) is 0 Å². The molecular weight excluding hydrogens is 218 g/mol. The maximum atomic E-state index is 11.2. The van der Waals surface area contributed by atoms with Gasteiger partial charge in [-0.2, -0.15) is 0 Å². The molecule has 0 atom stereocenters. The first kappa shape index (κ1) is 11.6. The summed E-state index contributed by atoms with van der Waals surface area (Å²) in [5, 5.41) is 5.97. The highest BCUT2D eigenvalue weighted by Crippen LogP contribution is 2.13. The number of rotatable bonds is 3. The molecule has 0 spiro atoms. The summed E-state index contributed by atoms with van der Waals surface area (Å²) in [6.07, 6.45) is 3.94. The Bertz CT molecular complexity index is 395. The van der Waals surface area contributed by atoms with Gasteiger partial charge in [0.1, 0.15) is 11.6 Å². The van der Waals surface area contributed by atoms with Crippen molar-refractivity contribution in [3.05, 3.63) is 12.4 Å². The molecule has 1 aromatic rings. The van der Waals surface area contributed by atoms with E-state index in [-0.39, 0.29) is 5.91 Å². The molecule has 92 valence electrons. The van der Waals surface area contributed by atoms with E-state index in [1.54, 1.807) is 12.4 Å². The number of nitrogens with one attached hydrogen (secondary N) is 2. The number of hydrogen-bond acceptors (Lipinski definition) is 5. The maximum Gasteiger partial charge on any atom is 0.221 e. The maximum absolute atomic E-state index is 11.2. The van der Waals surface area contributed by atoms with Gasteiger partial charge < -0.3 is 15.5 Å². The number of hydrogen-bond donors (Lipinski definition) is 2. The summed E-state index contributed by atoms with van der Waals surface area (Å²) in [6.45, 7) is 4.96. The summed E-state index contributed by atoms with van der Waals surface area (Å²) < 4.78 is 0. The Morgan fingerprint density at radius 1 is 1.47 bits per heavy atom. The van der Waals surface area contributed by atoms with Gasteiger partial charge in [-0.1, -0.05) is 0 Å². The summed E-state index contributed by atoms with van der Waals surface area (Å²) in [5.41, 5.74) is 0. The highest BCUT2D eigenvalue weighted by atomic mass is 16.1. The zero-order chi connectivity index (χ0) is 12.1. The first-order valence-corrected chi connectivity index (χ1v) is 5.87. The lowest BCUT2D eigenvalue weighted by atomic mass is 10.4. The van der Waals surface area contributed by atoms with E-state index >= 15 is 0 Å². The van der Waals surface area contributed by atoms with Crippen LogP contribution in [-0.2, 0) is 4.79 Å². The van der Waals surface area contributed by atoms with E-state index in [9.17, 15) is 4.79 Å². The van der Waals surface area contributed by atoms with Gasteiger partial charge in [0.15, 0.2) is 0 Å². The fraction of sp³-hybridized carbons (Fsp3) is 0.545. The van der Waals surface area contributed by atoms with Crippen molar-refractivity contribution in [1.29, 1.82) is 0 Å². The van der Waals surface area contributed by atoms with Gasteiger partial charge in [-0.15, -0.1) is 0 Å². The number of aromatic nitrogens is 2. The molecule has 1 aliphatic heterocycles. The Hall–Kier alpha value is -1.85. The number of carbonyl (C=O) groups excluding carboxylic acids is 1. The Labute approximate surface area is 100 Å². The number of amides is 1. The van der Waals surface area contributed by atoms with Crippen molar-refractivity contribution in [2.75, 3.05) is 36.4 Å². The highest BCUT2D eigenvalue weighted by molar-refractivity contribution is 5.77. The molecule has 1 saturated heterocycles. The average molecular weight is 235 g/mol. The van der Waals surface area contributed by atoms with Crippen molar-refractivity contribution in [1.82, 2.24) is 15.3 Å². The molecule has 0 aliphatic carbocycles. The van der Waals surface area contributed by atoms with Crippen LogP contribution in [0.1, 0.15) is 13.3 Å². The van der Waals surface area contributed by atoms with Crippen LogP contribution < -0.4 is 15.5 Å². The van der Waals surface area contributed by atoms with Crippen molar-refractivity contribution in [2.24, 2.45) is 0 Å². The largest absolute Gasteiger partial charge is 0.369 e. The number of carbonyl (C=O) groups is 1. The molecule has 2 heterocycles. The molecule has 2 rings (SSSR count). The lowest BCUT2D eigenvalue weighted by Gasteiger charge is -2.20. The minimum absolute atomic E-state index is 0.100. The lowest BCUT2D eigenvalue weighted by Crippen LogP contribution is -2.29. The molecule has 0 bridgehead atoms. The first-order valence-electron chi connectivity index (χ1n) is 5.87. The average Bonchev–Trinajstić information content (AvgIpc) is 2.55. The molecular formula is C11H17N5O. The van der Waals surface area contributed by atoms with E-state index in [1.807, 2.05) is 6.92 Å². The summed E-state index contributed by atoms with van der Waals surface area (Å²) in [6, 6.07) is 0. The van der Waals surface area contributed by atoms with Crippen LogP contribution in [0, 0.1) is 0 Å². The second-order valence-corrected chi connectivity index (χ2v) is 3.88. The third-order valence-corrected chi connectivity index (χ3v) is 2.62. The summed E-state index contributed by atoms with van der Waals surface area (Å²) in [5.74, 6) is 1.69.